The Balaban J connectivity index is 1.59. The van der Waals surface area contributed by atoms with Crippen molar-refractivity contribution in [2.45, 2.75) is 25.4 Å². The maximum absolute atomic E-state index is 11.8. The number of aliphatic imine (C=N–C) groups is 1. The zero-order valence-electron chi connectivity index (χ0n) is 17.9. The van der Waals surface area contributed by atoms with Crippen LogP contribution in [0.4, 0.5) is 5.69 Å². The van der Waals surface area contributed by atoms with Gasteiger partial charge in [-0.3, -0.25) is 14.8 Å². The molecule has 0 radical (unpaired) electrons. The average molecular weight is 426 g/mol. The number of nitrogens with zero attached hydrogens (tertiary/aromatic N) is 2. The molecule has 0 saturated carbocycles. The number of pyridine rings is 1. The van der Waals surface area contributed by atoms with E-state index in [0.29, 0.717) is 25.2 Å². The number of hydrogen-bond acceptors (Lipinski definition) is 5. The van der Waals surface area contributed by atoms with E-state index in [0.717, 1.165) is 34.4 Å². The second-order valence-corrected chi connectivity index (χ2v) is 7.78. The Hall–Kier alpha value is -3.93. The molecule has 4 rings (SSSR count). The van der Waals surface area contributed by atoms with Crippen molar-refractivity contribution in [2.24, 2.45) is 10.7 Å². The van der Waals surface area contributed by atoms with Crippen molar-refractivity contribution in [2.75, 3.05) is 11.9 Å². The van der Waals surface area contributed by atoms with E-state index in [1.807, 2.05) is 42.5 Å². The van der Waals surface area contributed by atoms with Gasteiger partial charge in [0.15, 0.2) is 0 Å². The van der Waals surface area contributed by atoms with E-state index in [1.165, 1.54) is 0 Å². The Kier molecular flexibility index (Phi) is 6.92. The fourth-order valence-corrected chi connectivity index (χ4v) is 3.72. The quantitative estimate of drug-likeness (QED) is 0.499. The lowest BCUT2D eigenvalue weighted by molar-refractivity contribution is -0.122. The van der Waals surface area contributed by atoms with Gasteiger partial charge in [-0.1, -0.05) is 42.5 Å². The van der Waals surface area contributed by atoms with Gasteiger partial charge in [0.1, 0.15) is 0 Å². The van der Waals surface area contributed by atoms with Gasteiger partial charge in [-0.15, -0.1) is 0 Å². The number of allylic oxidation sites excluding steroid dienone is 1. The average Bonchev–Trinajstić information content (AvgIpc) is 2.83. The Bertz CT molecular complexity index is 1110. The third-order valence-corrected chi connectivity index (χ3v) is 5.40. The summed E-state index contributed by atoms with van der Waals surface area (Å²) in [6.45, 7) is 1.23. The van der Waals surface area contributed by atoms with Crippen LogP contribution in [0.3, 0.4) is 0 Å². The second-order valence-electron chi connectivity index (χ2n) is 7.78. The lowest BCUT2D eigenvalue weighted by Gasteiger charge is -2.25. The predicted octanol–water partition coefficient (Wildman–Crippen LogP) is 4.01. The van der Waals surface area contributed by atoms with Gasteiger partial charge in [-0.2, -0.15) is 0 Å². The number of aromatic nitrogens is 1. The first-order valence-electron chi connectivity index (χ1n) is 10.8. The highest BCUT2D eigenvalue weighted by Crippen LogP contribution is 2.29. The van der Waals surface area contributed by atoms with Crippen molar-refractivity contribution in [3.63, 3.8) is 0 Å². The van der Waals surface area contributed by atoms with Gasteiger partial charge in [0.25, 0.3) is 0 Å². The summed E-state index contributed by atoms with van der Waals surface area (Å²) in [5.74, 6) is 0.0715. The first-order valence-corrected chi connectivity index (χ1v) is 10.8. The van der Waals surface area contributed by atoms with Crippen LogP contribution in [0.2, 0.25) is 0 Å². The number of carbonyl (C=O) groups is 1. The Labute approximate surface area is 188 Å². The third kappa shape index (κ3) is 5.60. The van der Waals surface area contributed by atoms with Crippen molar-refractivity contribution in [1.82, 2.24) is 10.3 Å². The highest BCUT2D eigenvalue weighted by molar-refractivity contribution is 5.88. The molecule has 0 bridgehead atoms. The van der Waals surface area contributed by atoms with Crippen LogP contribution in [-0.2, 0) is 11.3 Å². The van der Waals surface area contributed by atoms with E-state index in [9.17, 15) is 4.79 Å². The molecule has 1 aliphatic heterocycles. The summed E-state index contributed by atoms with van der Waals surface area (Å²) in [6, 6.07) is 20.4. The van der Waals surface area contributed by atoms with E-state index in [2.05, 4.69) is 44.9 Å². The van der Waals surface area contributed by atoms with Gasteiger partial charge in [-0.05, 0) is 47.4 Å². The Morgan fingerprint density at radius 3 is 2.81 bits per heavy atom. The minimum absolute atomic E-state index is 0.0715. The fraction of sp³-hybridized carbons (Fsp3) is 0.192. The smallest absolute Gasteiger partial charge is 0.222 e. The maximum atomic E-state index is 11.8. The Morgan fingerprint density at radius 1 is 1.16 bits per heavy atom. The molecule has 0 aliphatic carbocycles. The summed E-state index contributed by atoms with van der Waals surface area (Å²) in [7, 11) is 0. The largest absolute Gasteiger partial charge is 0.398 e. The molecule has 162 valence electrons. The van der Waals surface area contributed by atoms with Crippen LogP contribution in [0.15, 0.2) is 84.1 Å². The lowest BCUT2D eigenvalue weighted by atomic mass is 9.98. The number of nitrogens with one attached hydrogen (secondary N) is 2. The molecule has 1 amide bonds. The van der Waals surface area contributed by atoms with E-state index >= 15 is 0 Å². The highest BCUT2D eigenvalue weighted by atomic mass is 16.1. The SMILES string of the molecule is N/C(=C\C=NCc1cccnc1)c1cc(-c2ccccc2)ccc1NC1CCNC(=O)C1. The predicted molar refractivity (Wildman–Crippen MR) is 130 cm³/mol. The lowest BCUT2D eigenvalue weighted by Crippen LogP contribution is -2.39. The van der Waals surface area contributed by atoms with Crippen molar-refractivity contribution in [3.05, 3.63) is 90.3 Å². The highest BCUT2D eigenvalue weighted by Gasteiger charge is 2.20. The summed E-state index contributed by atoms with van der Waals surface area (Å²) in [6.07, 6.45) is 8.43. The zero-order valence-corrected chi connectivity index (χ0v) is 17.9. The van der Waals surface area contributed by atoms with Gasteiger partial charge in [0.2, 0.25) is 5.91 Å². The van der Waals surface area contributed by atoms with Crippen molar-refractivity contribution < 1.29 is 4.79 Å². The van der Waals surface area contributed by atoms with E-state index in [1.54, 1.807) is 18.6 Å². The van der Waals surface area contributed by atoms with Crippen LogP contribution >= 0.6 is 0 Å². The van der Waals surface area contributed by atoms with Crippen LogP contribution in [-0.4, -0.2) is 29.7 Å². The molecule has 1 atom stereocenters. The van der Waals surface area contributed by atoms with Gasteiger partial charge in [0.05, 0.1) is 6.54 Å². The van der Waals surface area contributed by atoms with Gasteiger partial charge < -0.3 is 16.4 Å². The molecule has 0 spiro atoms. The standard InChI is InChI=1S/C26H27N5O/c27-24(11-13-29-18-19-5-4-12-28-17-19)23-15-21(20-6-2-1-3-7-20)8-9-25(23)31-22-10-14-30-26(32)16-22/h1-9,11-13,15,17,22,31H,10,14,16,18,27H2,(H,30,32)/b24-11-,29-13?. The second kappa shape index (κ2) is 10.4. The monoisotopic (exact) mass is 425 g/mol. The summed E-state index contributed by atoms with van der Waals surface area (Å²) in [5, 5.41) is 6.40. The van der Waals surface area contributed by atoms with Crippen molar-refractivity contribution >= 4 is 23.5 Å². The molecule has 2 heterocycles. The summed E-state index contributed by atoms with van der Waals surface area (Å²) in [5.41, 5.74) is 12.2. The fourth-order valence-electron chi connectivity index (χ4n) is 3.72. The molecule has 1 aromatic heterocycles. The van der Waals surface area contributed by atoms with Gasteiger partial charge in [-0.25, -0.2) is 0 Å². The number of piperidine rings is 1. The number of benzene rings is 2. The molecule has 4 N–H and O–H groups in total. The minimum Gasteiger partial charge on any atom is -0.398 e. The number of amides is 1. The van der Waals surface area contributed by atoms with E-state index in [4.69, 9.17) is 5.73 Å². The molecule has 1 saturated heterocycles. The van der Waals surface area contributed by atoms with Crippen LogP contribution in [0, 0.1) is 0 Å². The van der Waals surface area contributed by atoms with Gasteiger partial charge >= 0.3 is 0 Å². The number of nitrogens with two attached hydrogens (primary N) is 1. The normalized spacial score (nSPS) is 16.7. The Morgan fingerprint density at radius 2 is 2.03 bits per heavy atom. The van der Waals surface area contributed by atoms with Crippen molar-refractivity contribution in [3.8, 4) is 11.1 Å². The van der Waals surface area contributed by atoms with Crippen LogP contribution in [0.1, 0.15) is 24.0 Å². The first kappa shape index (κ1) is 21.3. The molecule has 3 aromatic rings. The number of hydrogen-bond donors (Lipinski definition) is 3. The molecular weight excluding hydrogens is 398 g/mol. The number of anilines is 1. The molecule has 1 unspecified atom stereocenters. The van der Waals surface area contributed by atoms with Gasteiger partial charge in [0, 0.05) is 54.6 Å². The number of rotatable bonds is 7. The number of carbonyl (C=O) groups excluding carboxylic acids is 1. The zero-order chi connectivity index (χ0) is 22.2. The van der Waals surface area contributed by atoms with E-state index in [-0.39, 0.29) is 11.9 Å². The van der Waals surface area contributed by atoms with Crippen LogP contribution in [0.5, 0.6) is 0 Å². The summed E-state index contributed by atoms with van der Waals surface area (Å²) < 4.78 is 0. The molecule has 6 heteroatoms. The molecule has 6 nitrogen and oxygen atoms in total. The van der Waals surface area contributed by atoms with Crippen LogP contribution in [0.25, 0.3) is 16.8 Å². The summed E-state index contributed by atoms with van der Waals surface area (Å²) in [4.78, 5) is 20.4. The minimum atomic E-state index is 0.0715. The topological polar surface area (TPSA) is 92.4 Å². The van der Waals surface area contributed by atoms with Crippen LogP contribution < -0.4 is 16.4 Å². The third-order valence-electron chi connectivity index (χ3n) is 5.40. The molecule has 1 fully saturated rings. The molecule has 1 aliphatic rings. The molecular formula is C26H27N5O. The maximum Gasteiger partial charge on any atom is 0.222 e. The molecule has 32 heavy (non-hydrogen) atoms. The summed E-state index contributed by atoms with van der Waals surface area (Å²) >= 11 is 0. The van der Waals surface area contributed by atoms with E-state index < -0.39 is 0 Å². The molecule has 2 aromatic carbocycles. The first-order chi connectivity index (χ1) is 15.7. The van der Waals surface area contributed by atoms with Crippen molar-refractivity contribution in [1.29, 1.82) is 0 Å².